The number of fused-ring (bicyclic) bond motifs is 1. The van der Waals surface area contributed by atoms with E-state index in [0.717, 1.165) is 57.5 Å². The number of nitrogens with zero attached hydrogens (tertiary/aromatic N) is 1. The molecule has 2 N–H and O–H groups in total. The van der Waals surface area contributed by atoms with Crippen LogP contribution in [-0.2, 0) is 11.3 Å². The van der Waals surface area contributed by atoms with Crippen LogP contribution in [0.15, 0.2) is 48.5 Å². The number of amides is 2. The Morgan fingerprint density at radius 1 is 1.03 bits per heavy atom. The zero-order chi connectivity index (χ0) is 26.3. The fourth-order valence-electron chi connectivity index (χ4n) is 5.29. The van der Waals surface area contributed by atoms with Gasteiger partial charge in [-0.15, -0.1) is 0 Å². The number of ether oxygens (including phenoxy) is 2. The highest BCUT2D eigenvalue weighted by molar-refractivity contribution is 5.96. The smallest absolute Gasteiger partial charge is 0.255 e. The molecule has 1 fully saturated rings. The summed E-state index contributed by atoms with van der Waals surface area (Å²) < 4.78 is 11.4. The molecule has 2 aliphatic rings. The van der Waals surface area contributed by atoms with Crippen LogP contribution in [0.3, 0.4) is 0 Å². The van der Waals surface area contributed by atoms with E-state index in [9.17, 15) is 9.59 Å². The predicted molar refractivity (Wildman–Crippen MR) is 145 cm³/mol. The molecule has 2 aromatic rings. The first-order valence-electron chi connectivity index (χ1n) is 13.6. The van der Waals surface area contributed by atoms with E-state index in [1.54, 1.807) is 13.2 Å². The van der Waals surface area contributed by atoms with Crippen LogP contribution >= 0.6 is 0 Å². The fourth-order valence-corrected chi connectivity index (χ4v) is 5.29. The van der Waals surface area contributed by atoms with Gasteiger partial charge in [0.1, 0.15) is 18.1 Å². The minimum atomic E-state index is -0.393. The van der Waals surface area contributed by atoms with Gasteiger partial charge in [0.05, 0.1) is 24.1 Å². The summed E-state index contributed by atoms with van der Waals surface area (Å²) in [5.41, 5.74) is 1.39. The number of hydrogen-bond donors (Lipinski definition) is 2. The number of para-hydroxylation sites is 1. The molecule has 1 atom stereocenters. The monoisotopic (exact) mass is 507 g/mol. The van der Waals surface area contributed by atoms with E-state index in [-0.39, 0.29) is 23.8 Å². The van der Waals surface area contributed by atoms with E-state index < -0.39 is 5.41 Å². The van der Waals surface area contributed by atoms with Gasteiger partial charge in [0, 0.05) is 13.1 Å². The maximum Gasteiger partial charge on any atom is 0.255 e. The van der Waals surface area contributed by atoms with Crippen molar-refractivity contribution >= 4 is 11.8 Å². The van der Waals surface area contributed by atoms with Crippen molar-refractivity contribution in [3.63, 3.8) is 0 Å². The number of nitrogens with one attached hydrogen (secondary N) is 2. The van der Waals surface area contributed by atoms with Gasteiger partial charge in [-0.3, -0.25) is 14.5 Å². The van der Waals surface area contributed by atoms with Crippen LogP contribution in [0.5, 0.6) is 11.5 Å². The molecule has 2 heterocycles. The van der Waals surface area contributed by atoms with Crippen LogP contribution in [0.1, 0.15) is 61.9 Å². The highest BCUT2D eigenvalue weighted by Crippen LogP contribution is 2.38. The Morgan fingerprint density at radius 3 is 2.46 bits per heavy atom. The summed E-state index contributed by atoms with van der Waals surface area (Å²) in [7, 11) is 1.68. The van der Waals surface area contributed by atoms with Gasteiger partial charge < -0.3 is 20.1 Å². The van der Waals surface area contributed by atoms with Crippen LogP contribution in [0, 0.1) is 11.3 Å². The summed E-state index contributed by atoms with van der Waals surface area (Å²) in [5.74, 6) is 1.65. The standard InChI is InChI=1S/C30H41N3O4/c1-22(2)26-21-37-27-9-5-4-8-25(27)28(34)31-17-7-6-14-30(29(35)32-26)15-18-33(19-16-30)20-23-10-12-24(36-3)13-11-23/h4-5,8-13,22,26H,6-7,14-21H2,1-3H3,(H,31,34)(H,32,35)/t26-/m1/s1. The molecule has 37 heavy (non-hydrogen) atoms. The van der Waals surface area contributed by atoms with Crippen molar-refractivity contribution in [3.05, 3.63) is 59.7 Å². The minimum Gasteiger partial charge on any atom is -0.497 e. The van der Waals surface area contributed by atoms with Crippen molar-refractivity contribution in [2.75, 3.05) is 33.4 Å². The molecule has 7 heteroatoms. The molecule has 0 aliphatic carbocycles. The SMILES string of the molecule is COc1ccc(CN2CCC3(CCCCNC(=O)c4ccccc4OC[C@H](C(C)C)NC3=O)CC2)cc1. The number of carbonyl (C=O) groups excluding carboxylic acids is 2. The van der Waals surface area contributed by atoms with Gasteiger partial charge in [-0.25, -0.2) is 0 Å². The van der Waals surface area contributed by atoms with Gasteiger partial charge in [-0.1, -0.05) is 44.5 Å². The Kier molecular flexibility index (Phi) is 9.09. The van der Waals surface area contributed by atoms with Crippen LogP contribution in [0.25, 0.3) is 0 Å². The van der Waals surface area contributed by atoms with E-state index in [1.807, 2.05) is 30.3 Å². The van der Waals surface area contributed by atoms with Crippen LogP contribution in [0.2, 0.25) is 0 Å². The van der Waals surface area contributed by atoms with Crippen molar-refractivity contribution in [2.45, 2.75) is 58.5 Å². The molecule has 0 unspecified atom stereocenters. The van der Waals surface area contributed by atoms with Crippen molar-refractivity contribution in [1.29, 1.82) is 0 Å². The molecule has 2 amide bonds. The molecule has 1 spiro atoms. The van der Waals surface area contributed by atoms with E-state index in [1.165, 1.54) is 5.56 Å². The van der Waals surface area contributed by atoms with E-state index >= 15 is 0 Å². The van der Waals surface area contributed by atoms with Gasteiger partial charge in [0.25, 0.3) is 5.91 Å². The number of likely N-dealkylation sites (tertiary alicyclic amines) is 1. The number of rotatable bonds is 4. The summed E-state index contributed by atoms with van der Waals surface area (Å²) in [5, 5.41) is 6.39. The Labute approximate surface area is 220 Å². The molecule has 2 aromatic carbocycles. The summed E-state index contributed by atoms with van der Waals surface area (Å²) in [4.78, 5) is 29.1. The molecule has 7 nitrogen and oxygen atoms in total. The van der Waals surface area contributed by atoms with Crippen LogP contribution in [0.4, 0.5) is 0 Å². The van der Waals surface area contributed by atoms with Crippen molar-refractivity contribution < 1.29 is 19.1 Å². The van der Waals surface area contributed by atoms with Crippen molar-refractivity contribution in [1.82, 2.24) is 15.5 Å². The van der Waals surface area contributed by atoms with Crippen LogP contribution < -0.4 is 20.1 Å². The number of carbonyl (C=O) groups is 2. The average molecular weight is 508 g/mol. The van der Waals surface area contributed by atoms with Crippen molar-refractivity contribution in [3.8, 4) is 11.5 Å². The zero-order valence-electron chi connectivity index (χ0n) is 22.4. The van der Waals surface area contributed by atoms with E-state index in [0.29, 0.717) is 24.5 Å². The lowest BCUT2D eigenvalue weighted by atomic mass is 9.73. The lowest BCUT2D eigenvalue weighted by Gasteiger charge is -2.42. The largest absolute Gasteiger partial charge is 0.497 e. The highest BCUT2D eigenvalue weighted by Gasteiger charge is 2.41. The third kappa shape index (κ3) is 6.83. The summed E-state index contributed by atoms with van der Waals surface area (Å²) in [6, 6.07) is 15.4. The van der Waals surface area contributed by atoms with E-state index in [2.05, 4.69) is 41.5 Å². The Bertz CT molecular complexity index is 1050. The Hall–Kier alpha value is -3.06. The van der Waals surface area contributed by atoms with Gasteiger partial charge in [0.2, 0.25) is 5.91 Å². The normalized spacial score (nSPS) is 21.4. The molecule has 0 aromatic heterocycles. The zero-order valence-corrected chi connectivity index (χ0v) is 22.4. The number of piperidine rings is 1. The average Bonchev–Trinajstić information content (AvgIpc) is 2.91. The summed E-state index contributed by atoms with van der Waals surface area (Å²) in [6.07, 6.45) is 4.22. The molecule has 0 saturated carbocycles. The van der Waals surface area contributed by atoms with Crippen molar-refractivity contribution in [2.24, 2.45) is 11.3 Å². The lowest BCUT2D eigenvalue weighted by Crippen LogP contribution is -2.53. The molecule has 1 saturated heterocycles. The predicted octanol–water partition coefficient (Wildman–Crippen LogP) is 4.41. The maximum atomic E-state index is 13.8. The highest BCUT2D eigenvalue weighted by atomic mass is 16.5. The minimum absolute atomic E-state index is 0.112. The molecule has 0 radical (unpaired) electrons. The molecule has 0 bridgehead atoms. The van der Waals surface area contributed by atoms with E-state index in [4.69, 9.17) is 9.47 Å². The molecular formula is C30H41N3O4. The third-order valence-corrected chi connectivity index (χ3v) is 7.90. The first kappa shape index (κ1) is 27.0. The van der Waals surface area contributed by atoms with Gasteiger partial charge >= 0.3 is 0 Å². The Morgan fingerprint density at radius 2 is 1.76 bits per heavy atom. The maximum absolute atomic E-state index is 13.8. The molecular weight excluding hydrogens is 466 g/mol. The second kappa shape index (κ2) is 12.5. The number of benzene rings is 2. The first-order valence-corrected chi connectivity index (χ1v) is 13.6. The fraction of sp³-hybridized carbons (Fsp3) is 0.533. The second-order valence-electron chi connectivity index (χ2n) is 10.7. The summed E-state index contributed by atoms with van der Waals surface area (Å²) in [6.45, 7) is 7.74. The third-order valence-electron chi connectivity index (χ3n) is 7.90. The number of methoxy groups -OCH3 is 1. The topological polar surface area (TPSA) is 79.9 Å². The molecule has 2 aliphatic heterocycles. The second-order valence-corrected chi connectivity index (χ2v) is 10.7. The van der Waals surface area contributed by atoms with Gasteiger partial charge in [-0.05, 0) is 74.5 Å². The Balaban J connectivity index is 1.46. The number of hydrogen-bond acceptors (Lipinski definition) is 5. The molecule has 4 rings (SSSR count). The molecule has 200 valence electrons. The lowest BCUT2D eigenvalue weighted by molar-refractivity contribution is -0.136. The van der Waals surface area contributed by atoms with Crippen LogP contribution in [-0.4, -0.2) is 56.1 Å². The van der Waals surface area contributed by atoms with Gasteiger partial charge in [-0.2, -0.15) is 0 Å². The first-order chi connectivity index (χ1) is 17.9. The quantitative estimate of drug-likeness (QED) is 0.641. The summed E-state index contributed by atoms with van der Waals surface area (Å²) >= 11 is 0. The van der Waals surface area contributed by atoms with Gasteiger partial charge in [0.15, 0.2) is 0 Å².